The van der Waals surface area contributed by atoms with Crippen molar-refractivity contribution in [2.24, 2.45) is 0 Å². The van der Waals surface area contributed by atoms with E-state index in [1.54, 1.807) is 24.3 Å². The lowest BCUT2D eigenvalue weighted by Crippen LogP contribution is -2.19. The van der Waals surface area contributed by atoms with E-state index in [9.17, 15) is 23.2 Å². The number of anilines is 3. The Balaban J connectivity index is 1.54. The van der Waals surface area contributed by atoms with Crippen molar-refractivity contribution in [1.82, 2.24) is 14.6 Å². The van der Waals surface area contributed by atoms with Crippen LogP contribution >= 0.6 is 0 Å². The van der Waals surface area contributed by atoms with Gasteiger partial charge in [0, 0.05) is 23.1 Å². The minimum absolute atomic E-state index is 0.00311. The number of alkyl halides is 3. The van der Waals surface area contributed by atoms with E-state index in [4.69, 9.17) is 5.73 Å². The summed E-state index contributed by atoms with van der Waals surface area (Å²) in [7, 11) is 0. The van der Waals surface area contributed by atoms with E-state index in [0.29, 0.717) is 27.9 Å². The lowest BCUT2D eigenvalue weighted by atomic mass is 10.0. The maximum atomic E-state index is 12.8. The summed E-state index contributed by atoms with van der Waals surface area (Å²) < 4.78 is 39.9. The van der Waals surface area contributed by atoms with E-state index in [2.05, 4.69) is 26.8 Å². The number of fused-ring (bicyclic) bond motifs is 1. The SMILES string of the molecule is N#Cc1cn2ncnc(N)c2c1-c1ccc(NC(=O)Nc2cccc(C(F)(F)F)c2)cc1. The van der Waals surface area contributed by atoms with Crippen LogP contribution in [0.3, 0.4) is 0 Å². The van der Waals surface area contributed by atoms with Crippen molar-refractivity contribution in [1.29, 1.82) is 5.26 Å². The highest BCUT2D eigenvalue weighted by atomic mass is 19.4. The van der Waals surface area contributed by atoms with Gasteiger partial charge in [-0.15, -0.1) is 0 Å². The highest BCUT2D eigenvalue weighted by Crippen LogP contribution is 2.33. The number of amides is 2. The average molecular weight is 437 g/mol. The van der Waals surface area contributed by atoms with Crippen LogP contribution in [0.15, 0.2) is 61.1 Å². The molecular weight excluding hydrogens is 423 g/mol. The standard InChI is InChI=1S/C21H14F3N7O/c22-21(23,24)14-2-1-3-16(8-14)30-20(32)29-15-6-4-12(5-7-15)17-13(9-25)10-31-18(17)19(26)27-11-28-31/h1-8,10-11H,(H2,26,27,28)(H2,29,30,32). The van der Waals surface area contributed by atoms with Gasteiger partial charge in [-0.25, -0.2) is 14.3 Å². The molecule has 0 aliphatic carbocycles. The van der Waals surface area contributed by atoms with Crippen LogP contribution < -0.4 is 16.4 Å². The summed E-state index contributed by atoms with van der Waals surface area (Å²) in [5, 5.41) is 18.4. The first kappa shape index (κ1) is 20.7. The molecule has 0 radical (unpaired) electrons. The monoisotopic (exact) mass is 437 g/mol. The molecular formula is C21H14F3N7O. The highest BCUT2D eigenvalue weighted by Gasteiger charge is 2.30. The lowest BCUT2D eigenvalue weighted by molar-refractivity contribution is -0.137. The number of nitriles is 1. The van der Waals surface area contributed by atoms with Gasteiger partial charge in [-0.05, 0) is 35.9 Å². The van der Waals surface area contributed by atoms with E-state index in [0.717, 1.165) is 12.1 Å². The lowest BCUT2D eigenvalue weighted by Gasteiger charge is -2.11. The summed E-state index contributed by atoms with van der Waals surface area (Å²) >= 11 is 0. The number of nitrogens with two attached hydrogens (primary N) is 1. The fourth-order valence-electron chi connectivity index (χ4n) is 3.20. The highest BCUT2D eigenvalue weighted by molar-refractivity contribution is 6.00. The van der Waals surface area contributed by atoms with Crippen molar-refractivity contribution in [3.8, 4) is 17.2 Å². The molecule has 0 fully saturated rings. The van der Waals surface area contributed by atoms with Crippen LogP contribution in [0.5, 0.6) is 0 Å². The molecule has 11 heteroatoms. The van der Waals surface area contributed by atoms with Crippen LogP contribution in [-0.4, -0.2) is 20.6 Å². The Morgan fingerprint density at radius 2 is 1.81 bits per heavy atom. The molecule has 2 heterocycles. The number of aromatic nitrogens is 3. The number of carbonyl (C=O) groups is 1. The Morgan fingerprint density at radius 3 is 2.50 bits per heavy atom. The summed E-state index contributed by atoms with van der Waals surface area (Å²) in [5.41, 5.74) is 7.50. The van der Waals surface area contributed by atoms with Gasteiger partial charge in [-0.2, -0.15) is 23.5 Å². The molecule has 160 valence electrons. The van der Waals surface area contributed by atoms with Crippen LogP contribution in [0.4, 0.5) is 35.2 Å². The normalized spacial score (nSPS) is 11.2. The first-order chi connectivity index (χ1) is 15.3. The second-order valence-corrected chi connectivity index (χ2v) is 6.70. The maximum absolute atomic E-state index is 12.8. The van der Waals surface area contributed by atoms with Crippen molar-refractivity contribution in [3.63, 3.8) is 0 Å². The summed E-state index contributed by atoms with van der Waals surface area (Å²) in [6, 6.07) is 12.2. The van der Waals surface area contributed by atoms with E-state index >= 15 is 0 Å². The summed E-state index contributed by atoms with van der Waals surface area (Å²) in [5.74, 6) is 0.208. The summed E-state index contributed by atoms with van der Waals surface area (Å²) in [6.45, 7) is 0. The second-order valence-electron chi connectivity index (χ2n) is 6.70. The molecule has 4 N–H and O–H groups in total. The van der Waals surface area contributed by atoms with Gasteiger partial charge < -0.3 is 16.4 Å². The number of urea groups is 1. The van der Waals surface area contributed by atoms with Crippen molar-refractivity contribution >= 4 is 28.7 Å². The predicted octanol–water partition coefficient (Wildman–Crippen LogP) is 4.51. The molecule has 8 nitrogen and oxygen atoms in total. The number of rotatable bonds is 3. The van der Waals surface area contributed by atoms with Gasteiger partial charge in [0.15, 0.2) is 5.82 Å². The molecule has 4 rings (SSSR count). The molecule has 32 heavy (non-hydrogen) atoms. The number of nitrogens with zero attached hydrogens (tertiary/aromatic N) is 4. The van der Waals surface area contributed by atoms with Crippen LogP contribution in [-0.2, 0) is 6.18 Å². The van der Waals surface area contributed by atoms with Crippen molar-refractivity contribution < 1.29 is 18.0 Å². The molecule has 0 unspecified atom stereocenters. The van der Waals surface area contributed by atoms with Gasteiger partial charge in [0.05, 0.1) is 11.1 Å². The number of halogens is 3. The number of hydrogen-bond donors (Lipinski definition) is 3. The van der Waals surface area contributed by atoms with Gasteiger partial charge in [-0.1, -0.05) is 18.2 Å². The molecule has 2 aromatic heterocycles. The fraction of sp³-hybridized carbons (Fsp3) is 0.0476. The van der Waals surface area contributed by atoms with E-state index in [1.807, 2.05) is 0 Å². The number of nitrogen functional groups attached to an aromatic ring is 1. The number of hydrogen-bond acceptors (Lipinski definition) is 5. The van der Waals surface area contributed by atoms with Crippen LogP contribution in [0.25, 0.3) is 16.6 Å². The smallest absolute Gasteiger partial charge is 0.382 e. The Bertz CT molecular complexity index is 1350. The van der Waals surface area contributed by atoms with E-state index < -0.39 is 17.8 Å². The van der Waals surface area contributed by atoms with Crippen molar-refractivity contribution in [2.75, 3.05) is 16.4 Å². The molecule has 0 spiro atoms. The second kappa shape index (κ2) is 7.92. The molecule has 0 aliphatic heterocycles. The number of nitrogens with one attached hydrogen (secondary N) is 2. The Morgan fingerprint density at radius 1 is 1.09 bits per heavy atom. The number of benzene rings is 2. The van der Waals surface area contributed by atoms with Gasteiger partial charge in [-0.3, -0.25) is 0 Å². The zero-order valence-electron chi connectivity index (χ0n) is 16.2. The quantitative estimate of drug-likeness (QED) is 0.435. The minimum atomic E-state index is -4.51. The maximum Gasteiger partial charge on any atom is 0.416 e. The Kier molecular flexibility index (Phi) is 5.11. The molecule has 0 bridgehead atoms. The van der Waals surface area contributed by atoms with Crippen molar-refractivity contribution in [3.05, 3.63) is 72.2 Å². The molecule has 0 saturated heterocycles. The van der Waals surface area contributed by atoms with E-state index in [-0.39, 0.29) is 11.5 Å². The minimum Gasteiger partial charge on any atom is -0.382 e. The van der Waals surface area contributed by atoms with Crippen LogP contribution in [0.2, 0.25) is 0 Å². The van der Waals surface area contributed by atoms with E-state index in [1.165, 1.54) is 29.2 Å². The Labute approximate surface area is 179 Å². The third-order valence-corrected chi connectivity index (χ3v) is 4.60. The molecule has 2 amide bonds. The Hall–Kier alpha value is -4.59. The third kappa shape index (κ3) is 4.01. The van der Waals surface area contributed by atoms with Gasteiger partial charge in [0.1, 0.15) is 17.9 Å². The first-order valence-corrected chi connectivity index (χ1v) is 9.14. The molecule has 0 aliphatic rings. The predicted molar refractivity (Wildman–Crippen MR) is 112 cm³/mol. The van der Waals surface area contributed by atoms with Gasteiger partial charge in [0.25, 0.3) is 0 Å². The molecule has 0 atom stereocenters. The summed E-state index contributed by atoms with van der Waals surface area (Å²) in [6.07, 6.45) is -1.69. The molecule has 2 aromatic carbocycles. The number of carbonyl (C=O) groups excluding carboxylic acids is 1. The third-order valence-electron chi connectivity index (χ3n) is 4.60. The summed E-state index contributed by atoms with van der Waals surface area (Å²) in [4.78, 5) is 16.2. The topological polar surface area (TPSA) is 121 Å². The first-order valence-electron chi connectivity index (χ1n) is 9.14. The van der Waals surface area contributed by atoms with Gasteiger partial charge >= 0.3 is 12.2 Å². The van der Waals surface area contributed by atoms with Crippen molar-refractivity contribution in [2.45, 2.75) is 6.18 Å². The largest absolute Gasteiger partial charge is 0.416 e. The van der Waals surface area contributed by atoms with Crippen LogP contribution in [0, 0.1) is 11.3 Å². The van der Waals surface area contributed by atoms with Crippen LogP contribution in [0.1, 0.15) is 11.1 Å². The average Bonchev–Trinajstić information content (AvgIpc) is 3.14. The molecule has 4 aromatic rings. The molecule has 0 saturated carbocycles. The fourth-order valence-corrected chi connectivity index (χ4v) is 3.20. The zero-order valence-corrected chi connectivity index (χ0v) is 16.2. The van der Waals surface area contributed by atoms with Gasteiger partial charge in [0.2, 0.25) is 0 Å². The zero-order chi connectivity index (χ0) is 22.9.